The minimum absolute atomic E-state index is 0.0880. The zero-order chi connectivity index (χ0) is 21.8. The second kappa shape index (κ2) is 9.21. The SMILES string of the molecule is O=C(OCc1ncc(-c2ccc(Cl)cc2)o1)c1cccc(S(=O)(=O)N2CCCCC2)c1. The van der Waals surface area contributed by atoms with Gasteiger partial charge in [0.05, 0.1) is 16.7 Å². The number of hydrogen-bond donors (Lipinski definition) is 0. The standard InChI is InChI=1S/C22H21ClN2O5S/c23-18-9-7-16(8-10-18)20-14-24-21(30-20)15-29-22(26)17-5-4-6-19(13-17)31(27,28)25-11-2-1-3-12-25/h4-10,13-14H,1-3,11-12,15H2. The molecule has 2 heterocycles. The Morgan fingerprint density at radius 3 is 2.58 bits per heavy atom. The highest BCUT2D eigenvalue weighted by molar-refractivity contribution is 7.89. The van der Waals surface area contributed by atoms with Gasteiger partial charge in [-0.1, -0.05) is 24.1 Å². The molecular weight excluding hydrogens is 440 g/mol. The maximum absolute atomic E-state index is 12.8. The van der Waals surface area contributed by atoms with Gasteiger partial charge in [-0.05, 0) is 55.3 Å². The first-order chi connectivity index (χ1) is 14.9. The number of benzene rings is 2. The minimum Gasteiger partial charge on any atom is -0.452 e. The van der Waals surface area contributed by atoms with Crippen molar-refractivity contribution in [3.63, 3.8) is 0 Å². The van der Waals surface area contributed by atoms with Crippen molar-refractivity contribution in [1.82, 2.24) is 9.29 Å². The molecule has 0 N–H and O–H groups in total. The van der Waals surface area contributed by atoms with Crippen molar-refractivity contribution in [2.45, 2.75) is 30.8 Å². The van der Waals surface area contributed by atoms with Crippen LogP contribution in [-0.2, 0) is 21.4 Å². The highest BCUT2D eigenvalue weighted by Crippen LogP contribution is 2.24. The Hall–Kier alpha value is -2.68. The number of carbonyl (C=O) groups excluding carboxylic acids is 1. The van der Waals surface area contributed by atoms with Crippen molar-refractivity contribution in [2.24, 2.45) is 0 Å². The third-order valence-corrected chi connectivity index (χ3v) is 7.18. The molecule has 0 saturated carbocycles. The normalized spacial score (nSPS) is 15.0. The van der Waals surface area contributed by atoms with Gasteiger partial charge in [-0.3, -0.25) is 0 Å². The minimum atomic E-state index is -3.63. The van der Waals surface area contributed by atoms with Gasteiger partial charge >= 0.3 is 5.97 Å². The van der Waals surface area contributed by atoms with Gasteiger partial charge < -0.3 is 9.15 Å². The molecule has 1 aromatic heterocycles. The number of ether oxygens (including phenoxy) is 1. The molecule has 162 valence electrons. The predicted octanol–water partition coefficient (Wildman–Crippen LogP) is 4.53. The van der Waals surface area contributed by atoms with Crippen LogP contribution in [0.1, 0.15) is 35.5 Å². The first-order valence-electron chi connectivity index (χ1n) is 9.91. The first kappa shape index (κ1) is 21.5. The molecular formula is C22H21ClN2O5S. The van der Waals surface area contributed by atoms with Gasteiger partial charge in [-0.15, -0.1) is 0 Å². The van der Waals surface area contributed by atoms with Gasteiger partial charge in [-0.2, -0.15) is 4.31 Å². The second-order valence-electron chi connectivity index (χ2n) is 7.19. The fourth-order valence-corrected chi connectivity index (χ4v) is 5.06. The summed E-state index contributed by atoms with van der Waals surface area (Å²) < 4.78 is 38.0. The van der Waals surface area contributed by atoms with E-state index in [2.05, 4.69) is 4.98 Å². The summed E-state index contributed by atoms with van der Waals surface area (Å²) in [6.45, 7) is 0.823. The number of esters is 1. The van der Waals surface area contributed by atoms with Crippen molar-refractivity contribution in [2.75, 3.05) is 13.1 Å². The zero-order valence-corrected chi connectivity index (χ0v) is 18.2. The molecule has 1 fully saturated rings. The number of oxazole rings is 1. The summed E-state index contributed by atoms with van der Waals surface area (Å²) in [5.41, 5.74) is 0.952. The number of sulfonamides is 1. The molecule has 0 atom stereocenters. The van der Waals surface area contributed by atoms with Crippen LogP contribution in [0.4, 0.5) is 0 Å². The van der Waals surface area contributed by atoms with Crippen LogP contribution in [0, 0.1) is 0 Å². The molecule has 0 radical (unpaired) electrons. The highest BCUT2D eigenvalue weighted by atomic mass is 35.5. The van der Waals surface area contributed by atoms with Crippen LogP contribution in [-0.4, -0.2) is 36.8 Å². The third kappa shape index (κ3) is 4.98. The molecule has 31 heavy (non-hydrogen) atoms. The van der Waals surface area contributed by atoms with E-state index >= 15 is 0 Å². The molecule has 1 saturated heterocycles. The summed E-state index contributed by atoms with van der Waals surface area (Å²) in [7, 11) is -3.63. The van der Waals surface area contributed by atoms with E-state index in [9.17, 15) is 13.2 Å². The quantitative estimate of drug-likeness (QED) is 0.502. The van der Waals surface area contributed by atoms with E-state index < -0.39 is 16.0 Å². The highest BCUT2D eigenvalue weighted by Gasteiger charge is 2.26. The van der Waals surface area contributed by atoms with Gasteiger partial charge in [0.15, 0.2) is 12.4 Å². The van der Waals surface area contributed by atoms with E-state index in [4.69, 9.17) is 20.8 Å². The number of nitrogens with zero attached hydrogens (tertiary/aromatic N) is 2. The number of piperidine rings is 1. The molecule has 2 aromatic carbocycles. The summed E-state index contributed by atoms with van der Waals surface area (Å²) in [4.78, 5) is 16.7. The van der Waals surface area contributed by atoms with Gasteiger partial charge in [-0.25, -0.2) is 18.2 Å². The molecule has 0 bridgehead atoms. The Balaban J connectivity index is 1.42. The van der Waals surface area contributed by atoms with Crippen LogP contribution in [0.25, 0.3) is 11.3 Å². The lowest BCUT2D eigenvalue weighted by atomic mass is 10.2. The third-order valence-electron chi connectivity index (χ3n) is 5.03. The maximum atomic E-state index is 12.8. The first-order valence-corrected chi connectivity index (χ1v) is 11.7. The average Bonchev–Trinajstić information content (AvgIpc) is 3.27. The Labute approximate surface area is 185 Å². The molecule has 3 aromatic rings. The topological polar surface area (TPSA) is 89.7 Å². The fourth-order valence-electron chi connectivity index (χ4n) is 3.37. The Bertz CT molecular complexity index is 1170. The lowest BCUT2D eigenvalue weighted by Gasteiger charge is -2.25. The molecule has 1 aliphatic heterocycles. The molecule has 9 heteroatoms. The molecule has 7 nitrogen and oxygen atoms in total. The number of hydrogen-bond acceptors (Lipinski definition) is 6. The van der Waals surface area contributed by atoms with Gasteiger partial charge in [0.1, 0.15) is 0 Å². The number of halogens is 1. The maximum Gasteiger partial charge on any atom is 0.338 e. The molecule has 0 amide bonds. The monoisotopic (exact) mass is 460 g/mol. The number of carbonyl (C=O) groups is 1. The van der Waals surface area contributed by atoms with Crippen LogP contribution in [0.15, 0.2) is 64.0 Å². The lowest BCUT2D eigenvalue weighted by molar-refractivity contribution is 0.0438. The fraction of sp³-hybridized carbons (Fsp3) is 0.273. The van der Waals surface area contributed by atoms with Crippen molar-refractivity contribution in [1.29, 1.82) is 0 Å². The zero-order valence-electron chi connectivity index (χ0n) is 16.7. The summed E-state index contributed by atoms with van der Waals surface area (Å²) in [6.07, 6.45) is 4.25. The lowest BCUT2D eigenvalue weighted by Crippen LogP contribution is -2.35. The molecule has 0 aliphatic carbocycles. The van der Waals surface area contributed by atoms with Crippen LogP contribution in [0.5, 0.6) is 0 Å². The molecule has 0 unspecified atom stereocenters. The van der Waals surface area contributed by atoms with E-state index in [1.54, 1.807) is 24.3 Å². The van der Waals surface area contributed by atoms with Crippen LogP contribution < -0.4 is 0 Å². The van der Waals surface area contributed by atoms with Crippen molar-refractivity contribution >= 4 is 27.6 Å². The summed E-state index contributed by atoms with van der Waals surface area (Å²) >= 11 is 5.89. The second-order valence-corrected chi connectivity index (χ2v) is 9.57. The van der Waals surface area contributed by atoms with Crippen molar-refractivity contribution < 1.29 is 22.4 Å². The molecule has 0 spiro atoms. The van der Waals surface area contributed by atoms with E-state index in [-0.39, 0.29) is 23.0 Å². The number of aromatic nitrogens is 1. The molecule has 1 aliphatic rings. The van der Waals surface area contributed by atoms with E-state index in [0.29, 0.717) is 23.9 Å². The summed E-state index contributed by atoms with van der Waals surface area (Å²) in [5.74, 6) is 0.106. The smallest absolute Gasteiger partial charge is 0.338 e. The Kier molecular flexibility index (Phi) is 6.41. The summed E-state index contributed by atoms with van der Waals surface area (Å²) in [6, 6.07) is 13.0. The van der Waals surface area contributed by atoms with Crippen LogP contribution in [0.3, 0.4) is 0 Å². The average molecular weight is 461 g/mol. The molecule has 4 rings (SSSR count). The van der Waals surface area contributed by atoms with Crippen molar-refractivity contribution in [3.05, 3.63) is 71.2 Å². The number of rotatable bonds is 6. The largest absolute Gasteiger partial charge is 0.452 e. The van der Waals surface area contributed by atoms with Gasteiger partial charge in [0.2, 0.25) is 15.9 Å². The van der Waals surface area contributed by atoms with Gasteiger partial charge in [0.25, 0.3) is 0 Å². The Morgan fingerprint density at radius 2 is 1.84 bits per heavy atom. The van der Waals surface area contributed by atoms with E-state index in [1.807, 2.05) is 0 Å². The van der Waals surface area contributed by atoms with Crippen molar-refractivity contribution in [3.8, 4) is 11.3 Å². The predicted molar refractivity (Wildman–Crippen MR) is 115 cm³/mol. The summed E-state index contributed by atoms with van der Waals surface area (Å²) in [5, 5.41) is 0.613. The van der Waals surface area contributed by atoms with E-state index in [1.165, 1.54) is 34.8 Å². The van der Waals surface area contributed by atoms with Crippen LogP contribution in [0.2, 0.25) is 5.02 Å². The van der Waals surface area contributed by atoms with Gasteiger partial charge in [0, 0.05) is 23.7 Å². The van der Waals surface area contributed by atoms with E-state index in [0.717, 1.165) is 24.8 Å². The van der Waals surface area contributed by atoms with Crippen LogP contribution >= 0.6 is 11.6 Å². The Morgan fingerprint density at radius 1 is 1.10 bits per heavy atom.